The van der Waals surface area contributed by atoms with E-state index in [1.807, 2.05) is 6.07 Å². The summed E-state index contributed by atoms with van der Waals surface area (Å²) in [5, 5.41) is 16.3. The lowest BCUT2D eigenvalue weighted by Gasteiger charge is -2.55. The largest absolute Gasteiger partial charge is 0.471 e. The van der Waals surface area contributed by atoms with Gasteiger partial charge in [-0.05, 0) is 37.5 Å². The number of piperidine rings is 3. The molecule has 9 nitrogen and oxygen atoms in total. The van der Waals surface area contributed by atoms with Crippen LogP contribution in [0.15, 0.2) is 0 Å². The van der Waals surface area contributed by atoms with Crippen LogP contribution in [0, 0.1) is 28.6 Å². The van der Waals surface area contributed by atoms with Crippen molar-refractivity contribution in [1.82, 2.24) is 20.9 Å². The van der Waals surface area contributed by atoms with Crippen LogP contribution >= 0.6 is 0 Å². The highest BCUT2D eigenvalue weighted by Crippen LogP contribution is 2.49. The first kappa shape index (κ1) is 29.6. The summed E-state index contributed by atoms with van der Waals surface area (Å²) in [7, 11) is 0. The molecule has 1 aliphatic carbocycles. The van der Waals surface area contributed by atoms with Crippen LogP contribution in [0.5, 0.6) is 0 Å². The number of hydrogen-bond donors (Lipinski definition) is 3. The van der Waals surface area contributed by atoms with E-state index in [4.69, 9.17) is 0 Å². The number of halogens is 5. The number of rotatable bonds is 6. The molecule has 3 aliphatic heterocycles. The monoisotopic (exact) mass is 549 g/mol. The Kier molecular flexibility index (Phi) is 8.29. The van der Waals surface area contributed by atoms with E-state index in [0.29, 0.717) is 19.4 Å². The second kappa shape index (κ2) is 10.6. The Bertz CT molecular complexity index is 1010. The summed E-state index contributed by atoms with van der Waals surface area (Å²) in [6.45, 7) is 4.69. The molecule has 212 valence electrons. The van der Waals surface area contributed by atoms with Gasteiger partial charge in [-0.2, -0.15) is 18.4 Å². The van der Waals surface area contributed by atoms with E-state index in [0.717, 1.165) is 4.90 Å². The third kappa shape index (κ3) is 6.18. The van der Waals surface area contributed by atoms with E-state index < -0.39 is 77.7 Å². The van der Waals surface area contributed by atoms with Crippen LogP contribution in [-0.4, -0.2) is 71.3 Å². The van der Waals surface area contributed by atoms with Crippen LogP contribution in [0.25, 0.3) is 0 Å². The zero-order valence-corrected chi connectivity index (χ0v) is 21.3. The van der Waals surface area contributed by atoms with Gasteiger partial charge in [0.05, 0.1) is 12.0 Å². The van der Waals surface area contributed by atoms with Crippen LogP contribution in [0.3, 0.4) is 0 Å². The van der Waals surface area contributed by atoms with E-state index in [9.17, 15) is 46.4 Å². The van der Waals surface area contributed by atoms with E-state index in [-0.39, 0.29) is 25.2 Å². The SMILES string of the molecule is CC(C)(C)[C@H](NC(=O)C(F)(F)F)C(=O)N1[C@@H]2CC[C@H]([C@H]1C(=O)N[C@@H](C#N)C[C@@H]1CCCNC1=O)C(F)(F)C2. The summed E-state index contributed by atoms with van der Waals surface area (Å²) in [4.78, 5) is 51.7. The summed E-state index contributed by atoms with van der Waals surface area (Å²) < 4.78 is 68.9. The molecule has 38 heavy (non-hydrogen) atoms. The zero-order chi connectivity index (χ0) is 28.6. The van der Waals surface area contributed by atoms with Gasteiger partial charge < -0.3 is 20.9 Å². The molecule has 3 heterocycles. The highest BCUT2D eigenvalue weighted by molar-refractivity contribution is 5.94. The molecule has 3 N–H and O–H groups in total. The Morgan fingerprint density at radius 2 is 1.82 bits per heavy atom. The second-order valence-electron chi connectivity index (χ2n) is 11.3. The minimum Gasteiger partial charge on any atom is -0.356 e. The number of hydrogen-bond acceptors (Lipinski definition) is 5. The number of nitrogens with zero attached hydrogens (tertiary/aromatic N) is 2. The lowest BCUT2D eigenvalue weighted by molar-refractivity contribution is -0.197. The number of fused-ring (bicyclic) bond motifs is 3. The number of alkyl halides is 5. The second-order valence-corrected chi connectivity index (χ2v) is 11.3. The van der Waals surface area contributed by atoms with Crippen molar-refractivity contribution in [1.29, 1.82) is 5.26 Å². The van der Waals surface area contributed by atoms with E-state index in [2.05, 4.69) is 10.6 Å². The molecule has 0 aromatic heterocycles. The van der Waals surface area contributed by atoms with Gasteiger partial charge >= 0.3 is 12.1 Å². The summed E-state index contributed by atoms with van der Waals surface area (Å²) in [6.07, 6.45) is -5.00. The van der Waals surface area contributed by atoms with Crippen molar-refractivity contribution in [3.05, 3.63) is 0 Å². The minimum atomic E-state index is -5.29. The molecule has 4 rings (SSSR count). The Morgan fingerprint density at radius 3 is 2.34 bits per heavy atom. The number of nitrogens with one attached hydrogen (secondary N) is 3. The van der Waals surface area contributed by atoms with Crippen LogP contribution in [-0.2, 0) is 19.2 Å². The molecule has 2 bridgehead atoms. The standard InChI is InChI=1S/C24H32F5N5O4/c1-22(2,3)17(33-21(38)24(27,28)29)20(37)34-14-6-7-15(23(25,26)10-14)16(34)19(36)32-13(11-30)9-12-5-4-8-31-18(12)35/h12-17H,4-10H2,1-3H3,(H,31,35)(H,32,36)(H,33,38)/t12-,13+,14+,15+,16-,17+/m0/s1. The fourth-order valence-corrected chi connectivity index (χ4v) is 5.58. The molecule has 4 aliphatic rings. The topological polar surface area (TPSA) is 131 Å². The molecule has 0 unspecified atom stereocenters. The van der Waals surface area contributed by atoms with Crippen molar-refractivity contribution >= 4 is 23.6 Å². The Balaban J connectivity index is 1.90. The van der Waals surface area contributed by atoms with Gasteiger partial charge in [-0.15, -0.1) is 0 Å². The average Bonchev–Trinajstić information content (AvgIpc) is 2.80. The summed E-state index contributed by atoms with van der Waals surface area (Å²) in [5.74, 6) is -10.3. The van der Waals surface area contributed by atoms with Crippen molar-refractivity contribution in [2.24, 2.45) is 17.3 Å². The lowest BCUT2D eigenvalue weighted by atomic mass is 9.70. The van der Waals surface area contributed by atoms with Gasteiger partial charge in [-0.3, -0.25) is 19.2 Å². The van der Waals surface area contributed by atoms with Crippen molar-refractivity contribution in [2.75, 3.05) is 6.54 Å². The Hall–Kier alpha value is -2.98. The maximum atomic E-state index is 14.9. The predicted molar refractivity (Wildman–Crippen MR) is 122 cm³/mol. The molecule has 4 amide bonds. The van der Waals surface area contributed by atoms with E-state index >= 15 is 0 Å². The predicted octanol–water partition coefficient (Wildman–Crippen LogP) is 2.02. The van der Waals surface area contributed by atoms with Gasteiger partial charge in [0.25, 0.3) is 5.92 Å². The molecular weight excluding hydrogens is 517 g/mol. The normalized spacial score (nSPS) is 28.5. The summed E-state index contributed by atoms with van der Waals surface area (Å²) in [5.41, 5.74) is -1.26. The third-order valence-corrected chi connectivity index (χ3v) is 7.50. The molecule has 6 atom stereocenters. The molecule has 0 spiro atoms. The first-order valence-electron chi connectivity index (χ1n) is 12.5. The van der Waals surface area contributed by atoms with Crippen molar-refractivity contribution in [2.45, 2.75) is 95.6 Å². The van der Waals surface area contributed by atoms with Crippen molar-refractivity contribution in [3.8, 4) is 6.07 Å². The Labute approximate surface area is 216 Å². The van der Waals surface area contributed by atoms with E-state index in [1.165, 1.54) is 20.8 Å². The number of nitriles is 1. The van der Waals surface area contributed by atoms with Crippen LogP contribution in [0.1, 0.15) is 59.3 Å². The van der Waals surface area contributed by atoms with Gasteiger partial charge in [0, 0.05) is 24.9 Å². The first-order chi connectivity index (χ1) is 17.5. The molecule has 0 aromatic rings. The fraction of sp³-hybridized carbons (Fsp3) is 0.792. The van der Waals surface area contributed by atoms with Crippen LogP contribution in [0.2, 0.25) is 0 Å². The number of amides is 4. The quantitative estimate of drug-likeness (QED) is 0.437. The van der Waals surface area contributed by atoms with Gasteiger partial charge in [0.1, 0.15) is 18.1 Å². The highest BCUT2D eigenvalue weighted by atomic mass is 19.4. The fourth-order valence-electron chi connectivity index (χ4n) is 5.58. The van der Waals surface area contributed by atoms with Gasteiger partial charge in [-0.1, -0.05) is 20.8 Å². The molecule has 4 fully saturated rings. The highest BCUT2D eigenvalue weighted by Gasteiger charge is 2.61. The third-order valence-electron chi connectivity index (χ3n) is 7.50. The number of carbonyl (C=O) groups is 4. The molecule has 1 saturated carbocycles. The summed E-state index contributed by atoms with van der Waals surface area (Å²) in [6, 6.07) is -4.06. The smallest absolute Gasteiger partial charge is 0.356 e. The van der Waals surface area contributed by atoms with Crippen LogP contribution < -0.4 is 16.0 Å². The van der Waals surface area contributed by atoms with Crippen molar-refractivity contribution in [3.63, 3.8) is 0 Å². The maximum absolute atomic E-state index is 14.9. The average molecular weight is 550 g/mol. The molecular formula is C24H32F5N5O4. The first-order valence-corrected chi connectivity index (χ1v) is 12.5. The Morgan fingerprint density at radius 1 is 1.16 bits per heavy atom. The molecule has 0 aromatic carbocycles. The van der Waals surface area contributed by atoms with Crippen LogP contribution in [0.4, 0.5) is 22.0 Å². The maximum Gasteiger partial charge on any atom is 0.471 e. The molecule has 3 saturated heterocycles. The molecule has 0 radical (unpaired) electrons. The van der Waals surface area contributed by atoms with Gasteiger partial charge in [0.15, 0.2) is 0 Å². The minimum absolute atomic E-state index is 0.0640. The van der Waals surface area contributed by atoms with Crippen molar-refractivity contribution < 1.29 is 41.1 Å². The van der Waals surface area contributed by atoms with Gasteiger partial charge in [0.2, 0.25) is 17.7 Å². The molecule has 14 heteroatoms. The zero-order valence-electron chi connectivity index (χ0n) is 21.3. The van der Waals surface area contributed by atoms with Gasteiger partial charge in [-0.25, -0.2) is 8.78 Å². The van der Waals surface area contributed by atoms with E-state index in [1.54, 1.807) is 5.32 Å². The lowest BCUT2D eigenvalue weighted by Crippen LogP contribution is -2.71. The number of carbonyl (C=O) groups excluding carboxylic acids is 4. The summed E-state index contributed by atoms with van der Waals surface area (Å²) >= 11 is 0.